The molecule has 2 fully saturated rings. The number of nitrogens with one attached hydrogen (secondary N) is 1. The van der Waals surface area contributed by atoms with Crippen molar-refractivity contribution in [1.82, 2.24) is 4.90 Å². The molecule has 1 aliphatic carbocycles. The van der Waals surface area contributed by atoms with Crippen LogP contribution in [-0.4, -0.2) is 46.1 Å². The number of rotatable bonds is 6. The molecule has 1 aromatic rings. The molecule has 1 aliphatic heterocycles. The maximum Gasteiger partial charge on any atom is 0.401 e. The summed E-state index contributed by atoms with van der Waals surface area (Å²) in [5, 5.41) is 3.16. The molecule has 1 aromatic carbocycles. The van der Waals surface area contributed by atoms with Crippen molar-refractivity contribution in [2.75, 3.05) is 25.0 Å². The highest BCUT2D eigenvalue weighted by molar-refractivity contribution is 7.84. The fourth-order valence-electron chi connectivity index (χ4n) is 4.20. The van der Waals surface area contributed by atoms with Crippen LogP contribution in [0.15, 0.2) is 24.3 Å². The van der Waals surface area contributed by atoms with Crippen LogP contribution >= 0.6 is 0 Å². The van der Waals surface area contributed by atoms with Gasteiger partial charge in [-0.05, 0) is 56.5 Å². The van der Waals surface area contributed by atoms with Crippen molar-refractivity contribution < 1.29 is 22.2 Å². The monoisotopic (exact) mass is 430 g/mol. The molecule has 0 radical (unpaired) electrons. The molecule has 3 rings (SSSR count). The summed E-state index contributed by atoms with van der Waals surface area (Å²) in [7, 11) is -0.905. The molecule has 2 aliphatic rings. The molecule has 4 nitrogen and oxygen atoms in total. The number of halogens is 3. The number of amides is 1. The largest absolute Gasteiger partial charge is 0.401 e. The summed E-state index contributed by atoms with van der Waals surface area (Å²) in [6, 6.07) is 7.42. The van der Waals surface area contributed by atoms with Gasteiger partial charge in [0, 0.05) is 33.4 Å². The molecule has 1 saturated carbocycles. The Morgan fingerprint density at radius 1 is 1.10 bits per heavy atom. The lowest BCUT2D eigenvalue weighted by atomic mass is 9.95. The summed E-state index contributed by atoms with van der Waals surface area (Å²) in [5.74, 6) is 0.0613. The van der Waals surface area contributed by atoms with Crippen LogP contribution in [0, 0.1) is 5.92 Å². The van der Waals surface area contributed by atoms with Gasteiger partial charge in [-0.3, -0.25) is 13.9 Å². The number of anilines is 1. The van der Waals surface area contributed by atoms with Crippen molar-refractivity contribution in [1.29, 1.82) is 0 Å². The molecule has 1 unspecified atom stereocenters. The van der Waals surface area contributed by atoms with E-state index in [0.29, 0.717) is 24.3 Å². The van der Waals surface area contributed by atoms with Gasteiger partial charge in [-0.1, -0.05) is 31.4 Å². The van der Waals surface area contributed by atoms with Gasteiger partial charge in [-0.2, -0.15) is 13.2 Å². The quantitative estimate of drug-likeness (QED) is 0.724. The lowest BCUT2D eigenvalue weighted by Crippen LogP contribution is -2.42. The Balaban J connectivity index is 1.49. The zero-order valence-electron chi connectivity index (χ0n) is 16.5. The Morgan fingerprint density at radius 2 is 1.79 bits per heavy atom. The van der Waals surface area contributed by atoms with Gasteiger partial charge in [-0.15, -0.1) is 0 Å². The van der Waals surface area contributed by atoms with Crippen LogP contribution in [0.1, 0.15) is 50.5 Å². The number of hydrogen-bond acceptors (Lipinski definition) is 3. The summed E-state index contributed by atoms with van der Waals surface area (Å²) < 4.78 is 50.1. The number of alkyl halides is 3. The number of nitrogens with zero attached hydrogens (tertiary/aromatic N) is 1. The molecule has 8 heteroatoms. The van der Waals surface area contributed by atoms with Crippen molar-refractivity contribution in [3.05, 3.63) is 29.8 Å². The van der Waals surface area contributed by atoms with E-state index in [2.05, 4.69) is 5.32 Å². The number of benzene rings is 1. The van der Waals surface area contributed by atoms with Crippen molar-refractivity contribution in [2.24, 2.45) is 5.92 Å². The second-order valence-corrected chi connectivity index (χ2v) is 9.86. The number of likely N-dealkylation sites (tertiary alicyclic amines) is 1. The second-order valence-electron chi connectivity index (χ2n) is 8.14. The predicted molar refractivity (Wildman–Crippen MR) is 109 cm³/mol. The fourth-order valence-corrected chi connectivity index (χ4v) is 5.80. The van der Waals surface area contributed by atoms with Crippen LogP contribution in [-0.2, 0) is 21.3 Å². The smallest absolute Gasteiger partial charge is 0.326 e. The average molecular weight is 431 g/mol. The Hall–Kier alpha value is -1.41. The highest BCUT2D eigenvalue weighted by Crippen LogP contribution is 2.26. The van der Waals surface area contributed by atoms with Crippen LogP contribution in [0.25, 0.3) is 0 Å². The van der Waals surface area contributed by atoms with E-state index in [1.807, 2.05) is 18.2 Å². The first-order valence-electron chi connectivity index (χ1n) is 10.4. The molecular weight excluding hydrogens is 401 g/mol. The number of carbonyl (C=O) groups excluding carboxylic acids is 1. The van der Waals surface area contributed by atoms with Crippen LogP contribution in [0.4, 0.5) is 18.9 Å². The maximum absolute atomic E-state index is 12.6. The molecule has 162 valence electrons. The molecule has 0 bridgehead atoms. The third kappa shape index (κ3) is 7.10. The molecule has 0 spiro atoms. The highest BCUT2D eigenvalue weighted by atomic mass is 32.2. The first kappa shape index (κ1) is 22.3. The Morgan fingerprint density at radius 3 is 2.45 bits per heavy atom. The number of carbonyl (C=O) groups is 1. The number of piperidine rings is 1. The topological polar surface area (TPSA) is 49.4 Å². The lowest BCUT2D eigenvalue weighted by molar-refractivity contribution is -0.149. The fraction of sp³-hybridized carbons (Fsp3) is 0.667. The van der Waals surface area contributed by atoms with Gasteiger partial charge in [0.25, 0.3) is 0 Å². The van der Waals surface area contributed by atoms with Crippen molar-refractivity contribution >= 4 is 22.4 Å². The van der Waals surface area contributed by atoms with Gasteiger partial charge in [-0.25, -0.2) is 0 Å². The normalized spacial score (nSPS) is 21.1. The van der Waals surface area contributed by atoms with E-state index in [-0.39, 0.29) is 30.2 Å². The molecule has 29 heavy (non-hydrogen) atoms. The zero-order chi connectivity index (χ0) is 20.9. The van der Waals surface area contributed by atoms with E-state index >= 15 is 0 Å². The van der Waals surface area contributed by atoms with E-state index < -0.39 is 23.5 Å². The van der Waals surface area contributed by atoms with Gasteiger partial charge in [0.1, 0.15) is 0 Å². The van der Waals surface area contributed by atoms with E-state index in [1.54, 1.807) is 6.07 Å². The van der Waals surface area contributed by atoms with Crippen molar-refractivity contribution in [3.8, 4) is 0 Å². The van der Waals surface area contributed by atoms with Crippen LogP contribution in [0.3, 0.4) is 0 Å². The minimum atomic E-state index is -4.20. The minimum Gasteiger partial charge on any atom is -0.326 e. The first-order chi connectivity index (χ1) is 13.8. The molecule has 1 N–H and O–H groups in total. The Bertz CT molecular complexity index is 712. The van der Waals surface area contributed by atoms with E-state index in [1.165, 1.54) is 11.3 Å². The van der Waals surface area contributed by atoms with E-state index in [4.69, 9.17) is 0 Å². The maximum atomic E-state index is 12.6. The molecule has 1 saturated heterocycles. The second kappa shape index (κ2) is 10.1. The molecule has 1 atom stereocenters. The van der Waals surface area contributed by atoms with Gasteiger partial charge in [0.15, 0.2) is 0 Å². The average Bonchev–Trinajstić information content (AvgIpc) is 2.68. The van der Waals surface area contributed by atoms with Gasteiger partial charge in [0.05, 0.1) is 6.54 Å². The highest BCUT2D eigenvalue weighted by Gasteiger charge is 2.33. The summed E-state index contributed by atoms with van der Waals surface area (Å²) in [5.41, 5.74) is 1.59. The van der Waals surface area contributed by atoms with Crippen LogP contribution < -0.4 is 5.32 Å². The third-order valence-corrected chi connectivity index (χ3v) is 7.62. The summed E-state index contributed by atoms with van der Waals surface area (Å²) in [6.45, 7) is -0.364. The Kier molecular flexibility index (Phi) is 7.73. The standard InChI is InChI=1S/C21H29F3N2O2S/c22-21(23,24)15-26-11-9-17(10-12-26)20(27)25-18-6-4-5-16(13-18)14-29(28)19-7-2-1-3-8-19/h4-6,13,17,19H,1-3,7-12,14-15H2,(H,25,27). The van der Waals surface area contributed by atoms with Gasteiger partial charge in [0.2, 0.25) is 5.91 Å². The SMILES string of the molecule is O=C(Nc1cccc(CS(=O)C2CCCCC2)c1)C1CCN(CC(F)(F)F)CC1. The minimum absolute atomic E-state index is 0.151. The van der Waals surface area contributed by atoms with Crippen molar-refractivity contribution in [3.63, 3.8) is 0 Å². The van der Waals surface area contributed by atoms with E-state index in [9.17, 15) is 22.2 Å². The third-order valence-electron chi connectivity index (χ3n) is 5.79. The van der Waals surface area contributed by atoms with Crippen molar-refractivity contribution in [2.45, 2.75) is 62.1 Å². The molecular formula is C21H29F3N2O2S. The van der Waals surface area contributed by atoms with Crippen LogP contribution in [0.2, 0.25) is 0 Å². The lowest BCUT2D eigenvalue weighted by Gasteiger charge is -2.31. The summed E-state index contributed by atoms with van der Waals surface area (Å²) in [6.07, 6.45) is 2.22. The molecule has 1 amide bonds. The van der Waals surface area contributed by atoms with E-state index in [0.717, 1.165) is 31.2 Å². The van der Waals surface area contributed by atoms with Gasteiger partial charge < -0.3 is 5.32 Å². The Labute approximate surface area is 172 Å². The first-order valence-corrected chi connectivity index (χ1v) is 11.7. The van der Waals surface area contributed by atoms with Crippen LogP contribution in [0.5, 0.6) is 0 Å². The molecule has 0 aromatic heterocycles. The predicted octanol–water partition coefficient (Wildman–Crippen LogP) is 4.48. The number of hydrogen-bond donors (Lipinski definition) is 1. The molecule has 1 heterocycles. The summed E-state index contributed by atoms with van der Waals surface area (Å²) >= 11 is 0. The summed E-state index contributed by atoms with van der Waals surface area (Å²) in [4.78, 5) is 13.9. The van der Waals surface area contributed by atoms with Gasteiger partial charge >= 0.3 is 6.18 Å². The zero-order valence-corrected chi connectivity index (χ0v) is 17.4.